The predicted molar refractivity (Wildman–Crippen MR) is 84.7 cm³/mol. The van der Waals surface area contributed by atoms with Gasteiger partial charge in [-0.25, -0.2) is 4.98 Å². The molecule has 0 fully saturated rings. The van der Waals surface area contributed by atoms with E-state index >= 15 is 0 Å². The Kier molecular flexibility index (Phi) is 3.72. The Hall–Kier alpha value is -3.66. The molecule has 7 heteroatoms. The van der Waals surface area contributed by atoms with Crippen LogP contribution in [-0.4, -0.2) is 14.5 Å². The average molecular weight is 305 g/mol. The second kappa shape index (κ2) is 5.99. The lowest BCUT2D eigenvalue weighted by atomic mass is 10.2. The van der Waals surface area contributed by atoms with Crippen molar-refractivity contribution in [2.75, 3.05) is 5.32 Å². The monoisotopic (exact) mass is 305 g/mol. The number of nitrogens with zero attached hydrogens (tertiary/aromatic N) is 4. The van der Waals surface area contributed by atoms with Gasteiger partial charge in [-0.05, 0) is 36.4 Å². The molecule has 0 aliphatic heterocycles. The van der Waals surface area contributed by atoms with Gasteiger partial charge in [0.15, 0.2) is 0 Å². The van der Waals surface area contributed by atoms with Crippen molar-refractivity contribution in [2.45, 2.75) is 0 Å². The molecule has 7 nitrogen and oxygen atoms in total. The van der Waals surface area contributed by atoms with Crippen molar-refractivity contribution in [3.05, 3.63) is 76.7 Å². The van der Waals surface area contributed by atoms with E-state index in [0.29, 0.717) is 11.4 Å². The van der Waals surface area contributed by atoms with Crippen LogP contribution in [0.15, 0.2) is 60.9 Å². The molecule has 0 atom stereocenters. The Bertz CT molecular complexity index is 911. The molecule has 3 rings (SSSR count). The standard InChI is InChI=1S/C16H11N5O2/c17-11-14-6-3-9-20(14)13-5-1-4-12(10-13)19-16-15(21(22)23)7-2-8-18-16/h1-10H,(H,18,19). The highest BCUT2D eigenvalue weighted by molar-refractivity contribution is 5.66. The number of pyridine rings is 1. The van der Waals surface area contributed by atoms with Crippen molar-refractivity contribution in [3.8, 4) is 11.8 Å². The van der Waals surface area contributed by atoms with Crippen LogP contribution in [0.4, 0.5) is 17.2 Å². The molecule has 1 N–H and O–H groups in total. The summed E-state index contributed by atoms with van der Waals surface area (Å²) in [5.41, 5.74) is 1.82. The minimum atomic E-state index is -0.487. The van der Waals surface area contributed by atoms with Crippen LogP contribution >= 0.6 is 0 Å². The first kappa shape index (κ1) is 14.3. The summed E-state index contributed by atoms with van der Waals surface area (Å²) in [5.74, 6) is 0.169. The summed E-state index contributed by atoms with van der Waals surface area (Å²) in [7, 11) is 0. The fourth-order valence-electron chi connectivity index (χ4n) is 2.21. The first-order valence-corrected chi connectivity index (χ1v) is 6.73. The first-order valence-electron chi connectivity index (χ1n) is 6.73. The Balaban J connectivity index is 1.96. The third-order valence-corrected chi connectivity index (χ3v) is 3.23. The van der Waals surface area contributed by atoms with E-state index in [-0.39, 0.29) is 11.5 Å². The second-order valence-corrected chi connectivity index (χ2v) is 4.68. The zero-order chi connectivity index (χ0) is 16.2. The number of nitriles is 1. The number of hydrogen-bond acceptors (Lipinski definition) is 5. The first-order chi connectivity index (χ1) is 11.2. The summed E-state index contributed by atoms with van der Waals surface area (Å²) in [6.45, 7) is 0. The van der Waals surface area contributed by atoms with Crippen LogP contribution in [0.25, 0.3) is 5.69 Å². The van der Waals surface area contributed by atoms with Gasteiger partial charge in [0.1, 0.15) is 11.8 Å². The molecule has 3 aromatic rings. The van der Waals surface area contributed by atoms with Gasteiger partial charge in [0.25, 0.3) is 0 Å². The predicted octanol–water partition coefficient (Wildman–Crippen LogP) is 3.40. The van der Waals surface area contributed by atoms with Crippen molar-refractivity contribution in [1.29, 1.82) is 5.26 Å². The molecule has 0 radical (unpaired) electrons. The van der Waals surface area contributed by atoms with E-state index in [1.165, 1.54) is 18.3 Å². The van der Waals surface area contributed by atoms with E-state index in [1.54, 1.807) is 41.1 Å². The maximum Gasteiger partial charge on any atom is 0.311 e. The minimum Gasteiger partial charge on any atom is -0.334 e. The van der Waals surface area contributed by atoms with Crippen molar-refractivity contribution < 1.29 is 4.92 Å². The summed E-state index contributed by atoms with van der Waals surface area (Å²) < 4.78 is 1.73. The molecule has 0 aliphatic rings. The minimum absolute atomic E-state index is 0.100. The van der Waals surface area contributed by atoms with Crippen LogP contribution in [0.2, 0.25) is 0 Å². The van der Waals surface area contributed by atoms with Crippen molar-refractivity contribution in [3.63, 3.8) is 0 Å². The lowest BCUT2D eigenvalue weighted by Crippen LogP contribution is -2.00. The molecule has 0 unspecified atom stereocenters. The van der Waals surface area contributed by atoms with Gasteiger partial charge < -0.3 is 9.88 Å². The number of rotatable bonds is 4. The number of benzene rings is 1. The van der Waals surface area contributed by atoms with Gasteiger partial charge in [0.05, 0.1) is 4.92 Å². The van der Waals surface area contributed by atoms with Gasteiger partial charge in [-0.1, -0.05) is 6.07 Å². The Morgan fingerprint density at radius 2 is 2.09 bits per heavy atom. The molecule has 2 heterocycles. The zero-order valence-corrected chi connectivity index (χ0v) is 11.9. The Morgan fingerprint density at radius 3 is 2.87 bits per heavy atom. The third-order valence-electron chi connectivity index (χ3n) is 3.23. The highest BCUT2D eigenvalue weighted by atomic mass is 16.6. The van der Waals surface area contributed by atoms with Crippen molar-refractivity contribution in [2.24, 2.45) is 0 Å². The summed E-state index contributed by atoms with van der Waals surface area (Å²) >= 11 is 0. The van der Waals surface area contributed by atoms with Gasteiger partial charge >= 0.3 is 5.69 Å². The van der Waals surface area contributed by atoms with Crippen molar-refractivity contribution in [1.82, 2.24) is 9.55 Å². The Morgan fingerprint density at radius 1 is 1.22 bits per heavy atom. The largest absolute Gasteiger partial charge is 0.334 e. The normalized spacial score (nSPS) is 10.0. The van der Waals surface area contributed by atoms with Crippen molar-refractivity contribution >= 4 is 17.2 Å². The quantitative estimate of drug-likeness (QED) is 0.588. The van der Waals surface area contributed by atoms with Gasteiger partial charge in [0, 0.05) is 29.8 Å². The topological polar surface area (TPSA) is 96.8 Å². The van der Waals surface area contributed by atoms with Gasteiger partial charge in [-0.2, -0.15) is 5.26 Å². The number of nitro groups is 1. The van der Waals surface area contributed by atoms with Gasteiger partial charge in [0.2, 0.25) is 5.82 Å². The lowest BCUT2D eigenvalue weighted by Gasteiger charge is -2.09. The van der Waals surface area contributed by atoms with Crippen LogP contribution in [0.5, 0.6) is 0 Å². The molecule has 112 valence electrons. The lowest BCUT2D eigenvalue weighted by molar-refractivity contribution is -0.384. The maximum absolute atomic E-state index is 11.0. The number of nitrogens with one attached hydrogen (secondary N) is 1. The molecular weight excluding hydrogens is 294 g/mol. The summed E-state index contributed by atoms with van der Waals surface area (Å²) in [4.78, 5) is 14.6. The summed E-state index contributed by atoms with van der Waals surface area (Å²) in [5, 5.41) is 23.1. The SMILES string of the molecule is N#Cc1cccn1-c1cccc(Nc2ncccc2[N+](=O)[O-])c1. The molecule has 0 amide bonds. The molecule has 0 spiro atoms. The second-order valence-electron chi connectivity index (χ2n) is 4.68. The Labute approximate surface area is 131 Å². The third kappa shape index (κ3) is 2.87. The van der Waals surface area contributed by atoms with E-state index in [4.69, 9.17) is 5.26 Å². The van der Waals surface area contributed by atoms with E-state index < -0.39 is 4.92 Å². The van der Waals surface area contributed by atoms with Gasteiger partial charge in [-0.15, -0.1) is 0 Å². The van der Waals surface area contributed by atoms with E-state index in [0.717, 1.165) is 5.69 Å². The van der Waals surface area contributed by atoms with Crippen LogP contribution < -0.4 is 5.32 Å². The summed E-state index contributed by atoms with van der Waals surface area (Å²) in [6, 6.07) is 15.7. The molecular formula is C16H11N5O2. The van der Waals surface area contributed by atoms with Crippen LogP contribution in [0, 0.1) is 21.4 Å². The number of aromatic nitrogens is 2. The highest BCUT2D eigenvalue weighted by Gasteiger charge is 2.14. The molecule has 0 saturated heterocycles. The number of anilines is 2. The maximum atomic E-state index is 11.0. The zero-order valence-electron chi connectivity index (χ0n) is 11.9. The van der Waals surface area contributed by atoms with Crippen LogP contribution in [-0.2, 0) is 0 Å². The van der Waals surface area contributed by atoms with E-state index in [2.05, 4.69) is 16.4 Å². The van der Waals surface area contributed by atoms with Crippen LogP contribution in [0.3, 0.4) is 0 Å². The van der Waals surface area contributed by atoms with Crippen LogP contribution in [0.1, 0.15) is 5.69 Å². The average Bonchev–Trinajstić information content (AvgIpc) is 3.04. The molecule has 2 aromatic heterocycles. The fourth-order valence-corrected chi connectivity index (χ4v) is 2.21. The number of hydrogen-bond donors (Lipinski definition) is 1. The molecule has 0 aliphatic carbocycles. The molecule has 23 heavy (non-hydrogen) atoms. The van der Waals surface area contributed by atoms with Gasteiger partial charge in [-0.3, -0.25) is 10.1 Å². The highest BCUT2D eigenvalue weighted by Crippen LogP contribution is 2.26. The fraction of sp³-hybridized carbons (Fsp3) is 0. The molecule has 0 bridgehead atoms. The van der Waals surface area contributed by atoms with E-state index in [1.807, 2.05) is 6.07 Å². The molecule has 0 saturated carbocycles. The smallest absolute Gasteiger partial charge is 0.311 e. The molecule has 1 aromatic carbocycles. The van der Waals surface area contributed by atoms with E-state index in [9.17, 15) is 10.1 Å². The summed E-state index contributed by atoms with van der Waals surface area (Å²) in [6.07, 6.45) is 3.26.